The smallest absolute Gasteiger partial charge is 0.128 e. The minimum Gasteiger partial charge on any atom is -0.497 e. The molecule has 0 bridgehead atoms. The molecule has 0 heterocycles. The van der Waals surface area contributed by atoms with Gasteiger partial charge in [-0.05, 0) is 29.3 Å². The summed E-state index contributed by atoms with van der Waals surface area (Å²) in [6, 6.07) is 12.6. The van der Waals surface area contributed by atoms with Crippen LogP contribution in [-0.2, 0) is 6.54 Å². The molecule has 0 radical (unpaired) electrons. The fraction of sp³-hybridized carbons (Fsp3) is 0.143. The molecule has 0 aliphatic carbocycles. The van der Waals surface area contributed by atoms with Gasteiger partial charge in [-0.2, -0.15) is 0 Å². The largest absolute Gasteiger partial charge is 0.497 e. The maximum absolute atomic E-state index is 13.6. The normalized spacial score (nSPS) is 10.3. The van der Waals surface area contributed by atoms with Gasteiger partial charge in [0.15, 0.2) is 0 Å². The number of nitrogens with two attached hydrogens (primary N) is 1. The van der Waals surface area contributed by atoms with E-state index < -0.39 is 0 Å². The van der Waals surface area contributed by atoms with Gasteiger partial charge >= 0.3 is 0 Å². The van der Waals surface area contributed by atoms with Gasteiger partial charge in [0.2, 0.25) is 0 Å². The van der Waals surface area contributed by atoms with Crippen LogP contribution in [0.5, 0.6) is 5.75 Å². The minimum absolute atomic E-state index is 0.213. The van der Waals surface area contributed by atoms with Gasteiger partial charge in [-0.15, -0.1) is 0 Å². The lowest BCUT2D eigenvalue weighted by atomic mass is 10.0. The van der Waals surface area contributed by atoms with E-state index in [-0.39, 0.29) is 12.4 Å². The number of rotatable bonds is 3. The number of benzene rings is 2. The highest BCUT2D eigenvalue weighted by atomic mass is 19.1. The number of halogens is 1. The Morgan fingerprint density at radius 3 is 2.53 bits per heavy atom. The molecule has 0 aromatic heterocycles. The highest BCUT2D eigenvalue weighted by Gasteiger charge is 2.04. The predicted octanol–water partition coefficient (Wildman–Crippen LogP) is 2.96. The summed E-state index contributed by atoms with van der Waals surface area (Å²) in [5.74, 6) is 0.485. The van der Waals surface area contributed by atoms with E-state index in [0.29, 0.717) is 5.56 Å². The average molecular weight is 231 g/mol. The molecule has 0 fully saturated rings. The van der Waals surface area contributed by atoms with Crippen LogP contribution in [0.15, 0.2) is 42.5 Å². The Morgan fingerprint density at radius 1 is 1.12 bits per heavy atom. The Kier molecular flexibility index (Phi) is 3.40. The SMILES string of the molecule is COc1cccc(-c2ccc(CN)c(F)c2)c1. The van der Waals surface area contributed by atoms with Gasteiger partial charge < -0.3 is 10.5 Å². The van der Waals surface area contributed by atoms with Crippen LogP contribution in [-0.4, -0.2) is 7.11 Å². The average Bonchev–Trinajstić information content (AvgIpc) is 2.38. The van der Waals surface area contributed by atoms with Crippen molar-refractivity contribution in [3.05, 3.63) is 53.8 Å². The molecular formula is C14H14FNO. The maximum atomic E-state index is 13.6. The highest BCUT2D eigenvalue weighted by molar-refractivity contribution is 5.65. The van der Waals surface area contributed by atoms with Crippen molar-refractivity contribution in [3.8, 4) is 16.9 Å². The summed E-state index contributed by atoms with van der Waals surface area (Å²) in [7, 11) is 1.61. The van der Waals surface area contributed by atoms with E-state index in [1.54, 1.807) is 13.2 Å². The Labute approximate surface area is 99.8 Å². The van der Waals surface area contributed by atoms with Gasteiger partial charge in [0.1, 0.15) is 11.6 Å². The zero-order valence-electron chi connectivity index (χ0n) is 9.61. The highest BCUT2D eigenvalue weighted by Crippen LogP contribution is 2.25. The zero-order valence-corrected chi connectivity index (χ0v) is 9.61. The number of ether oxygens (including phenoxy) is 1. The van der Waals surface area contributed by atoms with Crippen molar-refractivity contribution >= 4 is 0 Å². The second kappa shape index (κ2) is 4.97. The van der Waals surface area contributed by atoms with E-state index in [1.807, 2.05) is 30.3 Å². The second-order valence-electron chi connectivity index (χ2n) is 3.74. The van der Waals surface area contributed by atoms with Crippen molar-refractivity contribution in [1.82, 2.24) is 0 Å². The molecule has 3 heteroatoms. The Hall–Kier alpha value is -1.87. The molecule has 0 amide bonds. The van der Waals surface area contributed by atoms with Crippen LogP contribution in [0.4, 0.5) is 4.39 Å². The molecule has 0 saturated heterocycles. The first-order valence-corrected chi connectivity index (χ1v) is 5.37. The third-order valence-corrected chi connectivity index (χ3v) is 2.68. The fourth-order valence-electron chi connectivity index (χ4n) is 1.70. The van der Waals surface area contributed by atoms with E-state index in [0.717, 1.165) is 16.9 Å². The van der Waals surface area contributed by atoms with Crippen molar-refractivity contribution in [2.24, 2.45) is 5.73 Å². The summed E-state index contributed by atoms with van der Waals surface area (Å²) in [6.45, 7) is 0.213. The summed E-state index contributed by atoms with van der Waals surface area (Å²) in [6.07, 6.45) is 0. The molecule has 0 aliphatic heterocycles. The van der Waals surface area contributed by atoms with E-state index in [2.05, 4.69) is 0 Å². The van der Waals surface area contributed by atoms with Crippen LogP contribution < -0.4 is 10.5 Å². The lowest BCUT2D eigenvalue weighted by molar-refractivity contribution is 0.415. The third kappa shape index (κ3) is 2.45. The molecule has 0 aliphatic rings. The monoisotopic (exact) mass is 231 g/mol. The number of hydrogen-bond acceptors (Lipinski definition) is 2. The van der Waals surface area contributed by atoms with E-state index in [1.165, 1.54) is 6.07 Å². The topological polar surface area (TPSA) is 35.2 Å². The van der Waals surface area contributed by atoms with Crippen LogP contribution in [0.25, 0.3) is 11.1 Å². The minimum atomic E-state index is -0.271. The molecule has 2 rings (SSSR count). The molecule has 2 N–H and O–H groups in total. The van der Waals surface area contributed by atoms with Crippen LogP contribution in [0, 0.1) is 5.82 Å². The van der Waals surface area contributed by atoms with Gasteiger partial charge in [0.05, 0.1) is 7.11 Å². The van der Waals surface area contributed by atoms with Crippen molar-refractivity contribution in [3.63, 3.8) is 0 Å². The lowest BCUT2D eigenvalue weighted by Crippen LogP contribution is -1.99. The van der Waals surface area contributed by atoms with E-state index in [9.17, 15) is 4.39 Å². The molecule has 0 spiro atoms. The molecule has 17 heavy (non-hydrogen) atoms. The number of methoxy groups -OCH3 is 1. The standard InChI is InChI=1S/C14H14FNO/c1-17-13-4-2-3-10(7-13)11-5-6-12(9-16)14(15)8-11/h2-8H,9,16H2,1H3. The summed E-state index contributed by atoms with van der Waals surface area (Å²) in [4.78, 5) is 0. The summed E-state index contributed by atoms with van der Waals surface area (Å²) in [5.41, 5.74) is 7.69. The molecule has 0 unspecified atom stereocenters. The van der Waals surface area contributed by atoms with Crippen LogP contribution in [0.1, 0.15) is 5.56 Å². The first kappa shape index (κ1) is 11.6. The first-order chi connectivity index (χ1) is 8.24. The molecule has 2 nitrogen and oxygen atoms in total. The van der Waals surface area contributed by atoms with Gasteiger partial charge in [-0.25, -0.2) is 4.39 Å². The van der Waals surface area contributed by atoms with Crippen LogP contribution in [0.2, 0.25) is 0 Å². The second-order valence-corrected chi connectivity index (χ2v) is 3.74. The summed E-state index contributed by atoms with van der Waals surface area (Å²) < 4.78 is 18.7. The Balaban J connectivity index is 2.42. The third-order valence-electron chi connectivity index (χ3n) is 2.68. The first-order valence-electron chi connectivity index (χ1n) is 5.37. The zero-order chi connectivity index (χ0) is 12.3. The molecule has 0 saturated carbocycles. The molecule has 88 valence electrons. The van der Waals surface area contributed by atoms with Crippen molar-refractivity contribution in [2.45, 2.75) is 6.54 Å². The summed E-state index contributed by atoms with van der Waals surface area (Å²) >= 11 is 0. The fourth-order valence-corrected chi connectivity index (χ4v) is 1.70. The van der Waals surface area contributed by atoms with Gasteiger partial charge in [0.25, 0.3) is 0 Å². The van der Waals surface area contributed by atoms with Crippen molar-refractivity contribution in [1.29, 1.82) is 0 Å². The quantitative estimate of drug-likeness (QED) is 0.881. The van der Waals surface area contributed by atoms with Crippen molar-refractivity contribution < 1.29 is 9.13 Å². The molecule has 0 atom stereocenters. The lowest BCUT2D eigenvalue weighted by Gasteiger charge is -2.06. The molecule has 2 aromatic rings. The van der Waals surface area contributed by atoms with E-state index in [4.69, 9.17) is 10.5 Å². The van der Waals surface area contributed by atoms with Crippen molar-refractivity contribution in [2.75, 3.05) is 7.11 Å². The molecular weight excluding hydrogens is 217 g/mol. The Morgan fingerprint density at radius 2 is 1.88 bits per heavy atom. The van der Waals surface area contributed by atoms with Crippen LogP contribution >= 0.6 is 0 Å². The number of hydrogen-bond donors (Lipinski definition) is 1. The Bertz CT molecular complexity index is 525. The van der Waals surface area contributed by atoms with Crippen LogP contribution in [0.3, 0.4) is 0 Å². The predicted molar refractivity (Wildman–Crippen MR) is 66.3 cm³/mol. The van der Waals surface area contributed by atoms with E-state index >= 15 is 0 Å². The maximum Gasteiger partial charge on any atom is 0.128 e. The van der Waals surface area contributed by atoms with Gasteiger partial charge in [0, 0.05) is 12.1 Å². The van der Waals surface area contributed by atoms with Gasteiger partial charge in [-0.1, -0.05) is 24.3 Å². The summed E-state index contributed by atoms with van der Waals surface area (Å²) in [5, 5.41) is 0. The van der Waals surface area contributed by atoms with Gasteiger partial charge in [-0.3, -0.25) is 0 Å². The molecule has 2 aromatic carbocycles.